The summed E-state index contributed by atoms with van der Waals surface area (Å²) in [5.41, 5.74) is 2.65. The van der Waals surface area contributed by atoms with Gasteiger partial charge in [-0.2, -0.15) is 5.10 Å². The molecule has 1 fully saturated rings. The van der Waals surface area contributed by atoms with Crippen molar-refractivity contribution in [2.24, 2.45) is 7.05 Å². The Kier molecular flexibility index (Phi) is 3.30. The van der Waals surface area contributed by atoms with Gasteiger partial charge in [-0.3, -0.25) is 9.48 Å². The van der Waals surface area contributed by atoms with Crippen LogP contribution in [-0.2, 0) is 22.9 Å². The van der Waals surface area contributed by atoms with Crippen molar-refractivity contribution in [3.63, 3.8) is 0 Å². The van der Waals surface area contributed by atoms with E-state index in [4.69, 9.17) is 9.47 Å². The van der Waals surface area contributed by atoms with E-state index in [-0.39, 0.29) is 24.2 Å². The highest BCUT2D eigenvalue weighted by molar-refractivity contribution is 5.94. The van der Waals surface area contributed by atoms with E-state index >= 15 is 0 Å². The summed E-state index contributed by atoms with van der Waals surface area (Å²) in [4.78, 5) is 14.3. The molecule has 2 aliphatic heterocycles. The lowest BCUT2D eigenvalue weighted by Gasteiger charge is -2.38. The Hall–Kier alpha value is -1.40. The Labute approximate surface area is 118 Å². The van der Waals surface area contributed by atoms with Crippen molar-refractivity contribution < 1.29 is 14.3 Å². The quantitative estimate of drug-likeness (QED) is 0.807. The van der Waals surface area contributed by atoms with Crippen molar-refractivity contribution in [2.75, 3.05) is 20.2 Å². The smallest absolute Gasteiger partial charge is 0.274 e. The third-order valence-corrected chi connectivity index (χ3v) is 4.18. The minimum Gasteiger partial charge on any atom is -0.378 e. The molecule has 3 heterocycles. The number of carbonyl (C=O) groups excluding carboxylic acids is 1. The van der Waals surface area contributed by atoms with Crippen LogP contribution < -0.4 is 0 Å². The molecule has 0 unspecified atom stereocenters. The molecule has 2 atom stereocenters. The normalized spacial score (nSPS) is 26.3. The summed E-state index contributed by atoms with van der Waals surface area (Å²) in [6, 6.07) is 0. The Morgan fingerprint density at radius 2 is 2.10 bits per heavy atom. The molecule has 6 nitrogen and oxygen atoms in total. The van der Waals surface area contributed by atoms with Crippen molar-refractivity contribution in [3.8, 4) is 0 Å². The first-order valence-corrected chi connectivity index (χ1v) is 7.04. The van der Waals surface area contributed by atoms with Crippen molar-refractivity contribution in [1.29, 1.82) is 0 Å². The van der Waals surface area contributed by atoms with Gasteiger partial charge >= 0.3 is 0 Å². The summed E-state index contributed by atoms with van der Waals surface area (Å²) in [6.07, 6.45) is 1.02. The van der Waals surface area contributed by atoms with E-state index in [1.807, 2.05) is 20.9 Å². The van der Waals surface area contributed by atoms with E-state index in [0.29, 0.717) is 18.8 Å². The first-order valence-electron chi connectivity index (χ1n) is 7.04. The summed E-state index contributed by atoms with van der Waals surface area (Å²) in [6.45, 7) is 5.35. The van der Waals surface area contributed by atoms with Gasteiger partial charge in [-0.1, -0.05) is 0 Å². The second-order valence-corrected chi connectivity index (χ2v) is 5.70. The molecule has 0 saturated carbocycles. The number of fused-ring (bicyclic) bond motifs is 1. The fourth-order valence-electron chi connectivity index (χ4n) is 3.11. The number of nitrogens with zero attached hydrogens (tertiary/aromatic N) is 3. The van der Waals surface area contributed by atoms with Crippen LogP contribution in [0.5, 0.6) is 0 Å². The lowest BCUT2D eigenvalue weighted by molar-refractivity contribution is -0.0200. The summed E-state index contributed by atoms with van der Waals surface area (Å²) in [5, 5.41) is 4.44. The highest BCUT2D eigenvalue weighted by atomic mass is 16.5. The van der Waals surface area contributed by atoms with E-state index in [9.17, 15) is 4.79 Å². The number of hydrogen-bond acceptors (Lipinski definition) is 4. The van der Waals surface area contributed by atoms with E-state index in [2.05, 4.69) is 5.10 Å². The number of amides is 1. The minimum absolute atomic E-state index is 0.0106. The van der Waals surface area contributed by atoms with E-state index in [0.717, 1.165) is 17.7 Å². The first kappa shape index (κ1) is 13.6. The number of ether oxygens (including phenoxy) is 2. The third-order valence-electron chi connectivity index (χ3n) is 4.18. The molecule has 3 rings (SSSR count). The second-order valence-electron chi connectivity index (χ2n) is 5.70. The van der Waals surface area contributed by atoms with Crippen LogP contribution in [0.4, 0.5) is 0 Å². The highest BCUT2D eigenvalue weighted by Crippen LogP contribution is 2.32. The Morgan fingerprint density at radius 3 is 2.75 bits per heavy atom. The number of aryl methyl sites for hydroxylation is 1. The maximum absolute atomic E-state index is 12.5. The van der Waals surface area contributed by atoms with Crippen molar-refractivity contribution in [3.05, 3.63) is 17.0 Å². The van der Waals surface area contributed by atoms with Crippen LogP contribution >= 0.6 is 0 Å². The molecule has 6 heteroatoms. The molecule has 0 bridgehead atoms. The van der Waals surface area contributed by atoms with Crippen LogP contribution in [0.2, 0.25) is 0 Å². The van der Waals surface area contributed by atoms with E-state index in [1.54, 1.807) is 16.7 Å². The first-order chi connectivity index (χ1) is 9.51. The average molecular weight is 279 g/mol. The molecule has 110 valence electrons. The lowest BCUT2D eigenvalue weighted by atomic mass is 9.98. The summed E-state index contributed by atoms with van der Waals surface area (Å²) >= 11 is 0. The van der Waals surface area contributed by atoms with Gasteiger partial charge in [0.25, 0.3) is 5.91 Å². The lowest BCUT2D eigenvalue weighted by Crippen LogP contribution is -2.54. The van der Waals surface area contributed by atoms with Gasteiger partial charge in [0.2, 0.25) is 0 Å². The average Bonchev–Trinajstić information content (AvgIpc) is 2.65. The van der Waals surface area contributed by atoms with E-state index < -0.39 is 0 Å². The Balaban J connectivity index is 1.88. The largest absolute Gasteiger partial charge is 0.378 e. The molecular formula is C14H21N3O3. The van der Waals surface area contributed by atoms with E-state index in [1.165, 1.54) is 0 Å². The molecule has 0 N–H and O–H groups in total. The zero-order valence-electron chi connectivity index (χ0n) is 12.4. The Bertz CT molecular complexity index is 534. The van der Waals surface area contributed by atoms with Crippen molar-refractivity contribution >= 4 is 5.91 Å². The number of aromatic nitrogens is 2. The zero-order valence-corrected chi connectivity index (χ0v) is 12.4. The number of hydrogen-bond donors (Lipinski definition) is 0. The van der Waals surface area contributed by atoms with Crippen molar-refractivity contribution in [1.82, 2.24) is 14.7 Å². The molecule has 0 aliphatic carbocycles. The van der Waals surface area contributed by atoms with Crippen LogP contribution in [0.15, 0.2) is 0 Å². The summed E-state index contributed by atoms with van der Waals surface area (Å²) in [7, 11) is 3.55. The van der Waals surface area contributed by atoms with Crippen LogP contribution in [0.25, 0.3) is 0 Å². The van der Waals surface area contributed by atoms with Crippen LogP contribution in [-0.4, -0.2) is 53.0 Å². The molecule has 2 aliphatic rings. The predicted molar refractivity (Wildman–Crippen MR) is 72.6 cm³/mol. The molecular weight excluding hydrogens is 258 g/mol. The summed E-state index contributed by atoms with van der Waals surface area (Å²) < 4.78 is 12.8. The number of carbonyl (C=O) groups is 1. The van der Waals surface area contributed by atoms with Gasteiger partial charge < -0.3 is 14.4 Å². The van der Waals surface area contributed by atoms with Gasteiger partial charge in [-0.05, 0) is 13.8 Å². The molecule has 1 aromatic rings. The second kappa shape index (κ2) is 4.86. The topological polar surface area (TPSA) is 56.6 Å². The minimum atomic E-state index is -0.0177. The van der Waals surface area contributed by atoms with Crippen molar-refractivity contribution in [2.45, 2.75) is 38.6 Å². The van der Waals surface area contributed by atoms with Gasteiger partial charge in [0, 0.05) is 39.2 Å². The molecule has 1 amide bonds. The SMILES string of the molecule is COC1CN(C(=O)c2nn(C)c3c2C[C@H](C)O[C@@H]3C)C1. The molecule has 1 aromatic heterocycles. The maximum Gasteiger partial charge on any atom is 0.274 e. The number of likely N-dealkylation sites (tertiary alicyclic amines) is 1. The van der Waals surface area contributed by atoms with Gasteiger partial charge in [0.1, 0.15) is 0 Å². The van der Waals surface area contributed by atoms with Crippen LogP contribution in [0, 0.1) is 0 Å². The highest BCUT2D eigenvalue weighted by Gasteiger charge is 2.37. The molecule has 0 radical (unpaired) electrons. The zero-order chi connectivity index (χ0) is 14.4. The monoisotopic (exact) mass is 279 g/mol. The Morgan fingerprint density at radius 1 is 1.40 bits per heavy atom. The molecule has 0 aromatic carbocycles. The fraction of sp³-hybridized carbons (Fsp3) is 0.714. The summed E-state index contributed by atoms with van der Waals surface area (Å²) in [5.74, 6) is 0.0106. The van der Waals surface area contributed by atoms with Gasteiger partial charge in [-0.25, -0.2) is 0 Å². The van der Waals surface area contributed by atoms with Gasteiger partial charge in [-0.15, -0.1) is 0 Å². The standard InChI is InChI=1S/C14H21N3O3/c1-8-5-11-12(14(18)17-6-10(7-17)19-4)15-16(3)13(11)9(2)20-8/h8-10H,5-7H2,1-4H3/t8-,9+/m0/s1. The third kappa shape index (κ3) is 2.03. The number of methoxy groups -OCH3 is 1. The van der Waals surface area contributed by atoms with Gasteiger partial charge in [0.15, 0.2) is 5.69 Å². The molecule has 0 spiro atoms. The fourth-order valence-corrected chi connectivity index (χ4v) is 3.11. The van der Waals surface area contributed by atoms with Gasteiger partial charge in [0.05, 0.1) is 24.0 Å². The number of rotatable bonds is 2. The molecule has 1 saturated heterocycles. The molecule has 20 heavy (non-hydrogen) atoms. The predicted octanol–water partition coefficient (Wildman–Crippen LogP) is 0.913. The van der Waals surface area contributed by atoms with Crippen LogP contribution in [0.3, 0.4) is 0 Å². The maximum atomic E-state index is 12.5. The van der Waals surface area contributed by atoms with Crippen LogP contribution in [0.1, 0.15) is 41.7 Å².